The summed E-state index contributed by atoms with van der Waals surface area (Å²) in [6.45, 7) is 3.66. The van der Waals surface area contributed by atoms with Gasteiger partial charge in [0.05, 0.1) is 19.8 Å². The number of ether oxygens (including phenoxy) is 2. The van der Waals surface area contributed by atoms with Crippen LogP contribution in [0.25, 0.3) is 0 Å². The maximum Gasteiger partial charge on any atom is 0.279 e. The van der Waals surface area contributed by atoms with Crippen LogP contribution in [0, 0.1) is 6.92 Å². The maximum atomic E-state index is 12.9. The van der Waals surface area contributed by atoms with Crippen molar-refractivity contribution < 1.29 is 19.1 Å². The number of aromatic nitrogens is 1. The van der Waals surface area contributed by atoms with E-state index in [-0.39, 0.29) is 17.9 Å². The lowest BCUT2D eigenvalue weighted by molar-refractivity contribution is 0.0856. The number of carbonyl (C=O) groups is 2. The predicted molar refractivity (Wildman–Crippen MR) is 127 cm³/mol. The normalized spacial score (nSPS) is 16.1. The summed E-state index contributed by atoms with van der Waals surface area (Å²) in [5.74, 6) is 0.141. The quantitative estimate of drug-likeness (QED) is 0.578. The Kier molecular flexibility index (Phi) is 7.36. The molecule has 8 heteroatoms. The van der Waals surface area contributed by atoms with Gasteiger partial charge in [0.1, 0.15) is 5.75 Å². The molecule has 1 aliphatic rings. The van der Waals surface area contributed by atoms with Crippen molar-refractivity contribution in [1.82, 2.24) is 9.88 Å². The van der Waals surface area contributed by atoms with Crippen LogP contribution in [0.15, 0.2) is 58.9 Å². The van der Waals surface area contributed by atoms with Crippen molar-refractivity contribution in [1.29, 1.82) is 0 Å². The lowest BCUT2D eigenvalue weighted by Crippen LogP contribution is -2.32. The van der Waals surface area contributed by atoms with Gasteiger partial charge in [-0.2, -0.15) is 4.99 Å². The second kappa shape index (κ2) is 10.6. The van der Waals surface area contributed by atoms with Gasteiger partial charge >= 0.3 is 0 Å². The number of thiazole rings is 1. The van der Waals surface area contributed by atoms with Crippen molar-refractivity contribution in [2.24, 2.45) is 4.99 Å². The first-order valence-electron chi connectivity index (χ1n) is 10.9. The van der Waals surface area contributed by atoms with Gasteiger partial charge in [-0.1, -0.05) is 24.3 Å². The van der Waals surface area contributed by atoms with E-state index in [1.54, 1.807) is 31.4 Å². The van der Waals surface area contributed by atoms with Crippen LogP contribution in [-0.2, 0) is 11.3 Å². The molecule has 1 fully saturated rings. The Morgan fingerprint density at radius 3 is 2.88 bits per heavy atom. The molecule has 4 rings (SSSR count). The zero-order chi connectivity index (χ0) is 23.2. The van der Waals surface area contributed by atoms with Crippen molar-refractivity contribution in [2.45, 2.75) is 32.4 Å². The number of rotatable bonds is 7. The fraction of sp³-hybridized carbons (Fsp3) is 0.320. The summed E-state index contributed by atoms with van der Waals surface area (Å²) >= 11 is 1.40. The van der Waals surface area contributed by atoms with E-state index in [2.05, 4.69) is 10.3 Å². The smallest absolute Gasteiger partial charge is 0.279 e. The fourth-order valence-corrected chi connectivity index (χ4v) is 4.63. The van der Waals surface area contributed by atoms with Crippen molar-refractivity contribution in [3.63, 3.8) is 0 Å². The summed E-state index contributed by atoms with van der Waals surface area (Å²) in [7, 11) is 1.56. The minimum absolute atomic E-state index is 0.0858. The molecule has 0 spiro atoms. The third kappa shape index (κ3) is 5.58. The second-order valence-corrected chi connectivity index (χ2v) is 8.73. The molecule has 2 heterocycles. The summed E-state index contributed by atoms with van der Waals surface area (Å²) in [5.41, 5.74) is 2.89. The molecular weight excluding hydrogens is 438 g/mol. The number of aryl methyl sites for hydroxylation is 1. The van der Waals surface area contributed by atoms with Crippen LogP contribution in [0.2, 0.25) is 0 Å². The summed E-state index contributed by atoms with van der Waals surface area (Å²) in [5, 5.41) is 4.95. The third-order valence-electron chi connectivity index (χ3n) is 5.61. The van der Waals surface area contributed by atoms with Gasteiger partial charge in [-0.05, 0) is 49.6 Å². The average molecular weight is 466 g/mol. The summed E-state index contributed by atoms with van der Waals surface area (Å²) in [6.07, 6.45) is 2.09. The Labute approximate surface area is 196 Å². The first-order valence-corrected chi connectivity index (χ1v) is 11.8. The van der Waals surface area contributed by atoms with E-state index < -0.39 is 0 Å². The Bertz CT molecular complexity index is 1210. The second-order valence-electron chi connectivity index (χ2n) is 7.90. The van der Waals surface area contributed by atoms with Gasteiger partial charge in [0, 0.05) is 35.4 Å². The number of nitrogens with one attached hydrogen (secondary N) is 1. The molecule has 2 aromatic carbocycles. The Morgan fingerprint density at radius 1 is 1.24 bits per heavy atom. The van der Waals surface area contributed by atoms with Crippen LogP contribution in [0.3, 0.4) is 0 Å². The molecule has 1 atom stereocenters. The molecule has 3 aromatic rings. The minimum Gasteiger partial charge on any atom is -0.497 e. The molecule has 172 valence electrons. The third-order valence-corrected chi connectivity index (χ3v) is 6.59. The van der Waals surface area contributed by atoms with Gasteiger partial charge in [0.25, 0.3) is 11.8 Å². The van der Waals surface area contributed by atoms with E-state index >= 15 is 0 Å². The fourth-order valence-electron chi connectivity index (χ4n) is 3.76. The highest BCUT2D eigenvalue weighted by molar-refractivity contribution is 7.07. The zero-order valence-electron chi connectivity index (χ0n) is 18.7. The number of hydrogen-bond donors (Lipinski definition) is 1. The lowest BCUT2D eigenvalue weighted by atomic mass is 10.1. The van der Waals surface area contributed by atoms with Gasteiger partial charge in [0.2, 0.25) is 0 Å². The number of methoxy groups -OCH3 is 1. The number of hydrogen-bond acceptors (Lipinski definition) is 5. The van der Waals surface area contributed by atoms with E-state index in [4.69, 9.17) is 9.47 Å². The molecule has 1 N–H and O–H groups in total. The van der Waals surface area contributed by atoms with Crippen LogP contribution in [0.4, 0.5) is 0 Å². The molecule has 0 radical (unpaired) electrons. The van der Waals surface area contributed by atoms with Gasteiger partial charge < -0.3 is 19.4 Å². The zero-order valence-corrected chi connectivity index (χ0v) is 19.6. The highest BCUT2D eigenvalue weighted by atomic mass is 32.1. The topological polar surface area (TPSA) is 81.9 Å². The van der Waals surface area contributed by atoms with Crippen molar-refractivity contribution in [3.8, 4) is 5.75 Å². The molecule has 1 aromatic heterocycles. The molecule has 1 saturated heterocycles. The van der Waals surface area contributed by atoms with Crippen LogP contribution < -0.4 is 14.9 Å². The lowest BCUT2D eigenvalue weighted by Gasteiger charge is -2.14. The average Bonchev–Trinajstić information content (AvgIpc) is 3.48. The molecule has 0 bridgehead atoms. The van der Waals surface area contributed by atoms with Crippen molar-refractivity contribution in [3.05, 3.63) is 81.1 Å². The molecule has 0 unspecified atom stereocenters. The number of nitrogens with zero attached hydrogens (tertiary/aromatic N) is 2. The van der Waals surface area contributed by atoms with Gasteiger partial charge in [0.15, 0.2) is 4.80 Å². The monoisotopic (exact) mass is 465 g/mol. The Balaban J connectivity index is 1.57. The molecular formula is C25H27N3O4S. The predicted octanol–water partition coefficient (Wildman–Crippen LogP) is 3.56. The highest BCUT2D eigenvalue weighted by Crippen LogP contribution is 2.16. The van der Waals surface area contributed by atoms with E-state index in [0.29, 0.717) is 34.8 Å². The van der Waals surface area contributed by atoms with Crippen molar-refractivity contribution >= 4 is 23.2 Å². The summed E-state index contributed by atoms with van der Waals surface area (Å²) < 4.78 is 12.8. The maximum absolute atomic E-state index is 12.9. The van der Waals surface area contributed by atoms with Crippen LogP contribution in [0.5, 0.6) is 5.75 Å². The van der Waals surface area contributed by atoms with Gasteiger partial charge in [-0.25, -0.2) is 0 Å². The van der Waals surface area contributed by atoms with E-state index in [0.717, 1.165) is 30.7 Å². The first-order chi connectivity index (χ1) is 16.0. The Hall–Kier alpha value is -3.23. The van der Waals surface area contributed by atoms with Crippen LogP contribution in [0.1, 0.15) is 44.8 Å². The largest absolute Gasteiger partial charge is 0.497 e. The van der Waals surface area contributed by atoms with E-state index in [1.165, 1.54) is 11.3 Å². The molecule has 2 amide bonds. The molecule has 7 nitrogen and oxygen atoms in total. The Morgan fingerprint density at radius 2 is 2.09 bits per heavy atom. The molecule has 0 aliphatic carbocycles. The SMILES string of the molecule is COc1cccc(C(=O)N=c2scc(C)n2Cc2ccccc2C(=O)NC[C@@H]2CCCO2)c1. The summed E-state index contributed by atoms with van der Waals surface area (Å²) in [6, 6.07) is 14.4. The first kappa shape index (κ1) is 22.9. The molecule has 0 saturated carbocycles. The molecule has 1 aliphatic heterocycles. The molecule has 33 heavy (non-hydrogen) atoms. The van der Waals surface area contributed by atoms with Crippen LogP contribution >= 0.6 is 11.3 Å². The summed E-state index contributed by atoms with van der Waals surface area (Å²) in [4.78, 5) is 30.6. The highest BCUT2D eigenvalue weighted by Gasteiger charge is 2.18. The van der Waals surface area contributed by atoms with Gasteiger partial charge in [-0.15, -0.1) is 11.3 Å². The number of amides is 2. The van der Waals surface area contributed by atoms with E-state index in [1.807, 2.05) is 41.1 Å². The van der Waals surface area contributed by atoms with Crippen LogP contribution in [-0.4, -0.2) is 42.7 Å². The van der Waals surface area contributed by atoms with Gasteiger partial charge in [-0.3, -0.25) is 9.59 Å². The van der Waals surface area contributed by atoms with E-state index in [9.17, 15) is 9.59 Å². The standard InChI is InChI=1S/C25H27N3O4S/c1-17-16-33-25(27-23(29)18-8-5-9-20(13-18)31-2)28(17)15-19-7-3-4-11-22(19)24(30)26-14-21-10-6-12-32-21/h3-5,7-9,11,13,16,21H,6,10,12,14-15H2,1-2H3,(H,26,30)/t21-/m0/s1. The number of carbonyl (C=O) groups excluding carboxylic acids is 2. The minimum atomic E-state index is -0.341. The van der Waals surface area contributed by atoms with Crippen molar-refractivity contribution in [2.75, 3.05) is 20.3 Å². The number of benzene rings is 2.